The highest BCUT2D eigenvalue weighted by atomic mass is 19.4. The Morgan fingerprint density at radius 1 is 1.08 bits per heavy atom. The SMILES string of the molecule is C[C@@H]1N(c2cc(-c3ccnc(N(C)C)c3)cnc2O[C@H]2C[C@@H](C(=O)O)N(c3nc(C(F)(F)F)nc4c3oc3ccccc34)C2)CCOC12COC2. The molecular weight excluding hydrogens is 671 g/mol. The van der Waals surface area contributed by atoms with E-state index in [1.165, 1.54) is 4.90 Å². The van der Waals surface area contributed by atoms with Gasteiger partial charge >= 0.3 is 12.1 Å². The van der Waals surface area contributed by atoms with Crippen molar-refractivity contribution in [3.8, 4) is 17.0 Å². The molecule has 1 N–H and O–H groups in total. The lowest BCUT2D eigenvalue weighted by Crippen LogP contribution is -2.68. The molecule has 16 heteroatoms. The molecule has 1 aromatic carbocycles. The third-order valence-corrected chi connectivity index (χ3v) is 9.88. The first kappa shape index (κ1) is 33.0. The number of rotatable bonds is 7. The Hall–Kier alpha value is -5.22. The Kier molecular flexibility index (Phi) is 7.90. The summed E-state index contributed by atoms with van der Waals surface area (Å²) < 4.78 is 66.5. The normalized spacial score (nSPS) is 21.7. The lowest BCUT2D eigenvalue weighted by atomic mass is 9.90. The van der Waals surface area contributed by atoms with Gasteiger partial charge < -0.3 is 38.4 Å². The van der Waals surface area contributed by atoms with Crippen LogP contribution in [0.2, 0.25) is 0 Å². The first-order valence-electron chi connectivity index (χ1n) is 16.5. The van der Waals surface area contributed by atoms with Crippen LogP contribution in [-0.4, -0.2) is 102 Å². The predicted octanol–water partition coefficient (Wildman–Crippen LogP) is 5.02. The second-order valence-corrected chi connectivity index (χ2v) is 13.2. The fourth-order valence-electron chi connectivity index (χ4n) is 7.05. The van der Waals surface area contributed by atoms with Crippen molar-refractivity contribution in [3.63, 3.8) is 0 Å². The summed E-state index contributed by atoms with van der Waals surface area (Å²) in [5.74, 6) is -1.89. The smallest absolute Gasteiger partial charge is 0.451 e. The predicted molar refractivity (Wildman–Crippen MR) is 180 cm³/mol. The quantitative estimate of drug-likeness (QED) is 0.243. The highest BCUT2D eigenvalue weighted by Crippen LogP contribution is 2.42. The van der Waals surface area contributed by atoms with Gasteiger partial charge in [0.2, 0.25) is 11.7 Å². The summed E-state index contributed by atoms with van der Waals surface area (Å²) >= 11 is 0. The monoisotopic (exact) mass is 705 g/mol. The number of carboxylic acids is 1. The lowest BCUT2D eigenvalue weighted by Gasteiger charge is -2.53. The summed E-state index contributed by atoms with van der Waals surface area (Å²) in [7, 11) is 3.81. The molecule has 5 aromatic rings. The van der Waals surface area contributed by atoms with Crippen LogP contribution in [0.4, 0.5) is 30.5 Å². The zero-order valence-corrected chi connectivity index (χ0v) is 27.9. The van der Waals surface area contributed by atoms with Crippen LogP contribution in [-0.2, 0) is 20.4 Å². The van der Waals surface area contributed by atoms with Crippen LogP contribution in [0.15, 0.2) is 59.3 Å². The minimum atomic E-state index is -4.89. The van der Waals surface area contributed by atoms with E-state index >= 15 is 0 Å². The third-order valence-electron chi connectivity index (χ3n) is 9.88. The van der Waals surface area contributed by atoms with Gasteiger partial charge in [0.15, 0.2) is 11.4 Å². The van der Waals surface area contributed by atoms with Crippen LogP contribution in [0.1, 0.15) is 19.2 Å². The fourth-order valence-corrected chi connectivity index (χ4v) is 7.05. The molecular formula is C35H34F3N7O6. The molecule has 51 heavy (non-hydrogen) atoms. The number of carboxylic acid groups (broad SMARTS) is 1. The van der Waals surface area contributed by atoms with Gasteiger partial charge in [-0.3, -0.25) is 0 Å². The molecule has 3 saturated heterocycles. The van der Waals surface area contributed by atoms with Crippen molar-refractivity contribution in [2.45, 2.75) is 43.3 Å². The molecule has 3 aliphatic rings. The molecule has 266 valence electrons. The van der Waals surface area contributed by atoms with Crippen molar-refractivity contribution in [3.05, 3.63) is 60.7 Å². The minimum absolute atomic E-state index is 0.0381. The molecule has 8 rings (SSSR count). The molecule has 1 spiro atoms. The number of aromatic nitrogens is 4. The number of ether oxygens (including phenoxy) is 3. The molecule has 0 aliphatic carbocycles. The molecule has 0 saturated carbocycles. The van der Waals surface area contributed by atoms with Gasteiger partial charge in [0, 0.05) is 50.4 Å². The van der Waals surface area contributed by atoms with E-state index in [4.69, 9.17) is 23.6 Å². The van der Waals surface area contributed by atoms with Crippen molar-refractivity contribution >= 4 is 45.4 Å². The zero-order valence-electron chi connectivity index (χ0n) is 27.9. The Labute approximate surface area is 289 Å². The van der Waals surface area contributed by atoms with Gasteiger partial charge in [0.25, 0.3) is 0 Å². The van der Waals surface area contributed by atoms with E-state index < -0.39 is 35.7 Å². The second-order valence-electron chi connectivity index (χ2n) is 13.2. The maximum absolute atomic E-state index is 14.1. The van der Waals surface area contributed by atoms with E-state index in [-0.39, 0.29) is 41.8 Å². The largest absolute Gasteiger partial charge is 0.480 e. The zero-order chi connectivity index (χ0) is 35.7. The molecule has 3 fully saturated rings. The van der Waals surface area contributed by atoms with Gasteiger partial charge in [-0.2, -0.15) is 13.2 Å². The Morgan fingerprint density at radius 2 is 1.88 bits per heavy atom. The van der Waals surface area contributed by atoms with Crippen molar-refractivity contribution in [1.82, 2.24) is 19.9 Å². The number of benzene rings is 1. The molecule has 0 unspecified atom stereocenters. The van der Waals surface area contributed by atoms with Crippen LogP contribution in [0, 0.1) is 0 Å². The topological polar surface area (TPSA) is 139 Å². The molecule has 3 atom stereocenters. The highest BCUT2D eigenvalue weighted by molar-refractivity contribution is 6.06. The number of aliphatic carboxylic acids is 1. The van der Waals surface area contributed by atoms with Crippen molar-refractivity contribution in [1.29, 1.82) is 0 Å². The summed E-state index contributed by atoms with van der Waals surface area (Å²) in [5, 5.41) is 10.7. The number of fused-ring (bicyclic) bond motifs is 3. The number of anilines is 3. The number of alkyl halides is 3. The number of hydrogen-bond acceptors (Lipinski definition) is 12. The van der Waals surface area contributed by atoms with E-state index in [0.29, 0.717) is 43.0 Å². The fraction of sp³-hybridized carbons (Fsp3) is 0.400. The second kappa shape index (κ2) is 12.2. The Balaban J connectivity index is 1.18. The average molecular weight is 706 g/mol. The molecule has 7 heterocycles. The van der Waals surface area contributed by atoms with Gasteiger partial charge in [0.05, 0.1) is 32.4 Å². The van der Waals surface area contributed by atoms with Crippen molar-refractivity contribution in [2.75, 3.05) is 61.7 Å². The Bertz CT molecular complexity index is 2140. The van der Waals surface area contributed by atoms with Crippen LogP contribution in [0.3, 0.4) is 0 Å². The molecule has 0 radical (unpaired) electrons. The number of morpholine rings is 1. The lowest BCUT2D eigenvalue weighted by molar-refractivity contribution is -0.228. The third kappa shape index (κ3) is 5.71. The van der Waals surface area contributed by atoms with Crippen molar-refractivity contribution < 1.29 is 41.7 Å². The number of nitrogens with zero attached hydrogens (tertiary/aromatic N) is 7. The van der Waals surface area contributed by atoms with Crippen LogP contribution in [0.5, 0.6) is 5.88 Å². The van der Waals surface area contributed by atoms with E-state index in [9.17, 15) is 23.1 Å². The van der Waals surface area contributed by atoms with Gasteiger partial charge in [-0.15, -0.1) is 0 Å². The number of carbonyl (C=O) groups is 1. The van der Waals surface area contributed by atoms with E-state index in [0.717, 1.165) is 16.9 Å². The maximum Gasteiger partial charge on any atom is 0.451 e. The van der Waals surface area contributed by atoms with Crippen LogP contribution < -0.4 is 19.4 Å². The summed E-state index contributed by atoms with van der Waals surface area (Å²) in [5.41, 5.74) is 2.07. The summed E-state index contributed by atoms with van der Waals surface area (Å²) in [6.07, 6.45) is -2.33. The van der Waals surface area contributed by atoms with E-state index in [2.05, 4.69) is 26.8 Å². The highest BCUT2D eigenvalue weighted by Gasteiger charge is 2.50. The number of hydrogen-bond donors (Lipinski definition) is 1. The molecule has 4 aromatic heterocycles. The number of halogens is 3. The average Bonchev–Trinajstić information content (AvgIpc) is 3.69. The molecule has 0 bridgehead atoms. The molecule has 0 amide bonds. The van der Waals surface area contributed by atoms with Gasteiger partial charge in [0.1, 0.15) is 40.4 Å². The molecule has 13 nitrogen and oxygen atoms in total. The van der Waals surface area contributed by atoms with Crippen LogP contribution in [0.25, 0.3) is 33.2 Å². The summed E-state index contributed by atoms with van der Waals surface area (Å²) in [4.78, 5) is 34.8. The summed E-state index contributed by atoms with van der Waals surface area (Å²) in [6, 6.07) is 11.0. The van der Waals surface area contributed by atoms with Gasteiger partial charge in [-0.25, -0.2) is 24.7 Å². The molecule has 3 aliphatic heterocycles. The van der Waals surface area contributed by atoms with Crippen molar-refractivity contribution in [2.24, 2.45) is 0 Å². The van der Waals surface area contributed by atoms with E-state index in [1.807, 2.05) is 37.2 Å². The summed E-state index contributed by atoms with van der Waals surface area (Å²) in [6.45, 7) is 3.81. The van der Waals surface area contributed by atoms with Gasteiger partial charge in [-0.1, -0.05) is 12.1 Å². The minimum Gasteiger partial charge on any atom is -0.480 e. The maximum atomic E-state index is 14.1. The number of pyridine rings is 2. The first-order valence-corrected chi connectivity index (χ1v) is 16.5. The number of furan rings is 1. The standard InChI is InChI=1S/C35H34F3N7O6/c1-19-34(17-48-18-34)49-11-10-44(19)24-12-21(20-8-9-39-27(13-20)43(2)3)15-40-31(24)50-22-14-25(32(46)47)45(16-22)30-29-28(41-33(42-30)35(36,37)38)23-6-4-5-7-26(23)51-29/h4-9,12-13,15,19,22,25H,10-11,14,16-18H2,1-3H3,(H,46,47)/t19-,22-,25-/m0/s1. The first-order chi connectivity index (χ1) is 24.4. The Morgan fingerprint density at radius 3 is 2.61 bits per heavy atom. The van der Waals surface area contributed by atoms with E-state index in [1.54, 1.807) is 36.7 Å². The van der Waals surface area contributed by atoms with Gasteiger partial charge in [-0.05, 0) is 42.8 Å². The number of para-hydroxylation sites is 1. The van der Waals surface area contributed by atoms with Crippen LogP contribution >= 0.6 is 0 Å².